The number of nitrogens with one attached hydrogen (secondary N) is 1. The van der Waals surface area contributed by atoms with Gasteiger partial charge in [0.05, 0.1) is 11.3 Å². The molecule has 0 spiro atoms. The van der Waals surface area contributed by atoms with E-state index in [1.165, 1.54) is 10.8 Å². The van der Waals surface area contributed by atoms with Gasteiger partial charge in [0.1, 0.15) is 6.07 Å². The van der Waals surface area contributed by atoms with Crippen LogP contribution in [0.1, 0.15) is 5.56 Å². The van der Waals surface area contributed by atoms with Crippen LogP contribution >= 0.6 is 0 Å². The molecule has 0 radical (unpaired) electrons. The summed E-state index contributed by atoms with van der Waals surface area (Å²) in [6.45, 7) is 0. The molecule has 3 aromatic rings. The Bertz CT molecular complexity index is 769. The third-order valence-corrected chi connectivity index (χ3v) is 3.08. The number of benzene rings is 3. The topological polar surface area (TPSA) is 35.8 Å². The highest BCUT2D eigenvalue weighted by atomic mass is 14.9. The fourth-order valence-electron chi connectivity index (χ4n) is 2.11. The van der Waals surface area contributed by atoms with E-state index in [9.17, 15) is 0 Å². The lowest BCUT2D eigenvalue weighted by Crippen LogP contribution is -1.93. The molecule has 0 saturated heterocycles. The highest BCUT2D eigenvalue weighted by Gasteiger charge is 2.01. The first-order valence-corrected chi connectivity index (χ1v) is 6.12. The summed E-state index contributed by atoms with van der Waals surface area (Å²) in [5, 5.41) is 14.8. The van der Waals surface area contributed by atoms with E-state index in [1.807, 2.05) is 42.5 Å². The van der Waals surface area contributed by atoms with Gasteiger partial charge >= 0.3 is 0 Å². The normalized spacial score (nSPS) is 10.1. The molecule has 0 heterocycles. The average molecular weight is 244 g/mol. The predicted octanol–water partition coefficient (Wildman–Crippen LogP) is 4.46. The van der Waals surface area contributed by atoms with Gasteiger partial charge in [-0.15, -0.1) is 0 Å². The van der Waals surface area contributed by atoms with Crippen LogP contribution in [0.2, 0.25) is 0 Å². The van der Waals surface area contributed by atoms with Crippen molar-refractivity contribution in [1.82, 2.24) is 0 Å². The summed E-state index contributed by atoms with van der Waals surface area (Å²) in [6, 6.07) is 24.1. The fraction of sp³-hybridized carbons (Fsp3) is 0. The number of hydrogen-bond acceptors (Lipinski definition) is 2. The zero-order valence-electron chi connectivity index (χ0n) is 10.3. The minimum atomic E-state index is 0.649. The van der Waals surface area contributed by atoms with Crippen molar-refractivity contribution in [2.24, 2.45) is 0 Å². The van der Waals surface area contributed by atoms with E-state index in [0.29, 0.717) is 5.56 Å². The van der Waals surface area contributed by atoms with Crippen molar-refractivity contribution in [1.29, 1.82) is 5.26 Å². The Hall–Kier alpha value is -2.79. The molecule has 0 aliphatic rings. The summed E-state index contributed by atoms with van der Waals surface area (Å²) < 4.78 is 0. The molecule has 3 rings (SSSR count). The van der Waals surface area contributed by atoms with Gasteiger partial charge in [0.2, 0.25) is 0 Å². The van der Waals surface area contributed by atoms with Gasteiger partial charge in [-0.05, 0) is 35.0 Å². The molecule has 0 fully saturated rings. The van der Waals surface area contributed by atoms with Gasteiger partial charge in [-0.25, -0.2) is 0 Å². The third-order valence-electron chi connectivity index (χ3n) is 3.08. The lowest BCUT2D eigenvalue weighted by Gasteiger charge is -2.09. The Morgan fingerprint density at radius 1 is 0.789 bits per heavy atom. The van der Waals surface area contributed by atoms with Crippen LogP contribution < -0.4 is 5.32 Å². The average Bonchev–Trinajstić information content (AvgIpc) is 2.48. The number of hydrogen-bond donors (Lipinski definition) is 1. The van der Waals surface area contributed by atoms with Crippen molar-refractivity contribution in [3.05, 3.63) is 72.3 Å². The molecule has 19 heavy (non-hydrogen) atoms. The fourth-order valence-corrected chi connectivity index (χ4v) is 2.11. The monoisotopic (exact) mass is 244 g/mol. The SMILES string of the molecule is N#Cc1ccccc1Nc1ccc2ccccc2c1. The van der Waals surface area contributed by atoms with Crippen molar-refractivity contribution in [2.45, 2.75) is 0 Å². The molecule has 2 heteroatoms. The zero-order chi connectivity index (χ0) is 13.1. The summed E-state index contributed by atoms with van der Waals surface area (Å²) >= 11 is 0. The van der Waals surface area contributed by atoms with E-state index >= 15 is 0 Å². The minimum absolute atomic E-state index is 0.649. The molecule has 0 aliphatic heterocycles. The Morgan fingerprint density at radius 3 is 2.37 bits per heavy atom. The van der Waals surface area contributed by atoms with Crippen molar-refractivity contribution < 1.29 is 0 Å². The van der Waals surface area contributed by atoms with Crippen molar-refractivity contribution in [2.75, 3.05) is 5.32 Å². The van der Waals surface area contributed by atoms with Gasteiger partial charge in [-0.3, -0.25) is 0 Å². The molecule has 0 atom stereocenters. The first-order valence-electron chi connectivity index (χ1n) is 6.12. The van der Waals surface area contributed by atoms with Gasteiger partial charge in [0.15, 0.2) is 0 Å². The molecule has 0 aliphatic carbocycles. The van der Waals surface area contributed by atoms with Crippen LogP contribution in [0.25, 0.3) is 10.8 Å². The summed E-state index contributed by atoms with van der Waals surface area (Å²) in [6.07, 6.45) is 0. The largest absolute Gasteiger partial charge is 0.354 e. The van der Waals surface area contributed by atoms with Gasteiger partial charge in [-0.2, -0.15) is 5.26 Å². The Labute approximate surface area is 111 Å². The predicted molar refractivity (Wildman–Crippen MR) is 78.4 cm³/mol. The molecule has 2 nitrogen and oxygen atoms in total. The zero-order valence-corrected chi connectivity index (χ0v) is 10.3. The molecule has 0 unspecified atom stereocenters. The number of para-hydroxylation sites is 1. The first-order chi connectivity index (χ1) is 9.36. The van der Waals surface area contributed by atoms with E-state index in [-0.39, 0.29) is 0 Å². The number of rotatable bonds is 2. The van der Waals surface area contributed by atoms with Gasteiger partial charge < -0.3 is 5.32 Å². The second-order valence-electron chi connectivity index (χ2n) is 4.34. The molecule has 90 valence electrons. The number of fused-ring (bicyclic) bond motifs is 1. The van der Waals surface area contributed by atoms with Crippen molar-refractivity contribution in [3.8, 4) is 6.07 Å². The van der Waals surface area contributed by atoms with E-state index in [2.05, 4.69) is 35.7 Å². The molecule has 0 amide bonds. The van der Waals surface area contributed by atoms with Gasteiger partial charge in [0.25, 0.3) is 0 Å². The highest BCUT2D eigenvalue weighted by molar-refractivity contribution is 5.86. The van der Waals surface area contributed by atoms with Crippen LogP contribution in [0, 0.1) is 11.3 Å². The Balaban J connectivity index is 1.99. The van der Waals surface area contributed by atoms with Crippen LogP contribution in [0.15, 0.2) is 66.7 Å². The van der Waals surface area contributed by atoms with E-state index < -0.39 is 0 Å². The maximum atomic E-state index is 9.08. The van der Waals surface area contributed by atoms with E-state index in [4.69, 9.17) is 5.26 Å². The number of nitriles is 1. The molecule has 0 saturated carbocycles. The maximum Gasteiger partial charge on any atom is 0.101 e. The Morgan fingerprint density at radius 2 is 1.53 bits per heavy atom. The van der Waals surface area contributed by atoms with Crippen molar-refractivity contribution >= 4 is 22.1 Å². The highest BCUT2D eigenvalue weighted by Crippen LogP contribution is 2.24. The molecular formula is C17H12N2. The minimum Gasteiger partial charge on any atom is -0.354 e. The molecule has 0 aromatic heterocycles. The summed E-state index contributed by atoms with van der Waals surface area (Å²) in [5.41, 5.74) is 2.47. The van der Waals surface area contributed by atoms with E-state index in [1.54, 1.807) is 0 Å². The molecular weight excluding hydrogens is 232 g/mol. The second-order valence-corrected chi connectivity index (χ2v) is 4.34. The van der Waals surface area contributed by atoms with Gasteiger partial charge in [0, 0.05) is 5.69 Å². The van der Waals surface area contributed by atoms with Crippen LogP contribution in [0.5, 0.6) is 0 Å². The third kappa shape index (κ3) is 2.27. The first kappa shape index (κ1) is 11.3. The molecule has 3 aromatic carbocycles. The van der Waals surface area contributed by atoms with Crippen LogP contribution in [-0.2, 0) is 0 Å². The lowest BCUT2D eigenvalue weighted by atomic mass is 10.1. The summed E-state index contributed by atoms with van der Waals surface area (Å²) in [5.74, 6) is 0. The second kappa shape index (κ2) is 4.83. The maximum absolute atomic E-state index is 9.08. The summed E-state index contributed by atoms with van der Waals surface area (Å²) in [7, 11) is 0. The summed E-state index contributed by atoms with van der Waals surface area (Å²) in [4.78, 5) is 0. The van der Waals surface area contributed by atoms with Gasteiger partial charge in [-0.1, -0.05) is 42.5 Å². The van der Waals surface area contributed by atoms with Crippen LogP contribution in [-0.4, -0.2) is 0 Å². The Kier molecular flexibility index (Phi) is 2.88. The van der Waals surface area contributed by atoms with Crippen LogP contribution in [0.3, 0.4) is 0 Å². The number of nitrogens with zero attached hydrogens (tertiary/aromatic N) is 1. The van der Waals surface area contributed by atoms with Crippen LogP contribution in [0.4, 0.5) is 11.4 Å². The van der Waals surface area contributed by atoms with E-state index in [0.717, 1.165) is 11.4 Å². The smallest absolute Gasteiger partial charge is 0.101 e. The quantitative estimate of drug-likeness (QED) is 0.722. The van der Waals surface area contributed by atoms with Crippen molar-refractivity contribution in [3.63, 3.8) is 0 Å². The standard InChI is InChI=1S/C17H12N2/c18-12-15-7-3-4-8-17(15)19-16-10-9-13-5-1-2-6-14(13)11-16/h1-11,19H. The number of anilines is 2. The molecule has 1 N–H and O–H groups in total. The lowest BCUT2D eigenvalue weighted by molar-refractivity contribution is 1.46. The molecule has 0 bridgehead atoms.